The summed E-state index contributed by atoms with van der Waals surface area (Å²) >= 11 is 0. The number of rotatable bonds is 3. The molecule has 110 valence electrons. The predicted molar refractivity (Wildman–Crippen MR) is 82.7 cm³/mol. The number of aliphatic hydroxyl groups excluding tert-OH is 1. The molecule has 1 N–H and O–H groups in total. The van der Waals surface area contributed by atoms with Crippen LogP contribution in [0.15, 0.2) is 18.2 Å². The SMILES string of the molecule is Cc1cccc(C)c1CN1CCCC1C1CCCC1O. The minimum Gasteiger partial charge on any atom is -0.393 e. The third-order valence-electron chi connectivity index (χ3n) is 5.45. The van der Waals surface area contributed by atoms with Crippen LogP contribution in [0.3, 0.4) is 0 Å². The number of benzene rings is 1. The zero-order chi connectivity index (χ0) is 14.1. The molecule has 2 heteroatoms. The van der Waals surface area contributed by atoms with Gasteiger partial charge in [-0.05, 0) is 62.8 Å². The molecule has 2 nitrogen and oxygen atoms in total. The van der Waals surface area contributed by atoms with E-state index in [9.17, 15) is 5.11 Å². The molecule has 0 radical (unpaired) electrons. The van der Waals surface area contributed by atoms with Crippen molar-refractivity contribution in [2.45, 2.75) is 64.6 Å². The average Bonchev–Trinajstić information content (AvgIpc) is 3.02. The Bertz CT molecular complexity index is 450. The van der Waals surface area contributed by atoms with Gasteiger partial charge in [0.1, 0.15) is 0 Å². The number of aryl methyl sites for hydroxylation is 2. The van der Waals surface area contributed by atoms with Gasteiger partial charge < -0.3 is 5.11 Å². The molecule has 0 spiro atoms. The first kappa shape index (κ1) is 14.1. The molecule has 1 aliphatic heterocycles. The molecule has 3 rings (SSSR count). The Morgan fingerprint density at radius 3 is 2.50 bits per heavy atom. The first-order chi connectivity index (χ1) is 9.66. The summed E-state index contributed by atoms with van der Waals surface area (Å²) in [4.78, 5) is 2.63. The minimum absolute atomic E-state index is 0.0569. The van der Waals surface area contributed by atoms with Crippen LogP contribution in [-0.2, 0) is 6.54 Å². The van der Waals surface area contributed by atoms with Crippen molar-refractivity contribution >= 4 is 0 Å². The van der Waals surface area contributed by atoms with Gasteiger partial charge in [-0.3, -0.25) is 4.90 Å². The van der Waals surface area contributed by atoms with Crippen LogP contribution in [0.4, 0.5) is 0 Å². The Hall–Kier alpha value is -0.860. The lowest BCUT2D eigenvalue weighted by molar-refractivity contribution is 0.0717. The van der Waals surface area contributed by atoms with Gasteiger partial charge in [0.2, 0.25) is 0 Å². The molecule has 0 amide bonds. The Kier molecular flexibility index (Phi) is 4.13. The van der Waals surface area contributed by atoms with E-state index in [0.717, 1.165) is 13.0 Å². The third kappa shape index (κ3) is 2.64. The first-order valence-corrected chi connectivity index (χ1v) is 8.14. The van der Waals surface area contributed by atoms with Gasteiger partial charge in [0.15, 0.2) is 0 Å². The lowest BCUT2D eigenvalue weighted by Crippen LogP contribution is -2.38. The summed E-state index contributed by atoms with van der Waals surface area (Å²) in [6.45, 7) is 6.70. The fourth-order valence-corrected chi connectivity index (χ4v) is 4.25. The molecule has 1 heterocycles. The molecule has 2 aliphatic rings. The number of likely N-dealkylation sites (tertiary alicyclic amines) is 1. The van der Waals surface area contributed by atoms with Crippen LogP contribution in [-0.4, -0.2) is 28.7 Å². The average molecular weight is 273 g/mol. The number of nitrogens with zero attached hydrogens (tertiary/aromatic N) is 1. The van der Waals surface area contributed by atoms with Gasteiger partial charge in [-0.25, -0.2) is 0 Å². The van der Waals surface area contributed by atoms with Gasteiger partial charge >= 0.3 is 0 Å². The summed E-state index contributed by atoms with van der Waals surface area (Å²) in [5.74, 6) is 0.516. The van der Waals surface area contributed by atoms with Gasteiger partial charge in [-0.2, -0.15) is 0 Å². The van der Waals surface area contributed by atoms with E-state index in [-0.39, 0.29) is 6.10 Å². The number of hydrogen-bond donors (Lipinski definition) is 1. The molecule has 3 unspecified atom stereocenters. The molecule has 1 saturated heterocycles. The van der Waals surface area contributed by atoms with Crippen LogP contribution in [0.1, 0.15) is 48.8 Å². The van der Waals surface area contributed by atoms with Crippen LogP contribution in [0, 0.1) is 19.8 Å². The Balaban J connectivity index is 1.76. The second kappa shape index (κ2) is 5.87. The molecule has 1 aromatic carbocycles. The van der Waals surface area contributed by atoms with E-state index in [1.165, 1.54) is 48.9 Å². The van der Waals surface area contributed by atoms with Crippen molar-refractivity contribution in [2.24, 2.45) is 5.92 Å². The van der Waals surface area contributed by atoms with Crippen molar-refractivity contribution < 1.29 is 5.11 Å². The van der Waals surface area contributed by atoms with Crippen molar-refractivity contribution in [3.8, 4) is 0 Å². The fraction of sp³-hybridized carbons (Fsp3) is 0.667. The molecular weight excluding hydrogens is 246 g/mol. The molecule has 2 fully saturated rings. The fourth-order valence-electron chi connectivity index (χ4n) is 4.25. The van der Waals surface area contributed by atoms with E-state index in [4.69, 9.17) is 0 Å². The van der Waals surface area contributed by atoms with Crippen molar-refractivity contribution in [2.75, 3.05) is 6.54 Å². The highest BCUT2D eigenvalue weighted by Crippen LogP contribution is 2.36. The standard InChI is InChI=1S/C18H27NO/c1-13-6-3-7-14(2)16(13)12-19-11-5-9-17(19)15-8-4-10-18(15)20/h3,6-7,15,17-18,20H,4-5,8-12H2,1-2H3. The minimum atomic E-state index is -0.0569. The number of aliphatic hydroxyl groups is 1. The molecule has 0 aromatic heterocycles. The van der Waals surface area contributed by atoms with E-state index < -0.39 is 0 Å². The highest BCUT2D eigenvalue weighted by atomic mass is 16.3. The normalized spacial score (nSPS) is 31.1. The third-order valence-corrected chi connectivity index (χ3v) is 5.45. The quantitative estimate of drug-likeness (QED) is 0.912. The summed E-state index contributed by atoms with van der Waals surface area (Å²) in [7, 11) is 0. The second-order valence-electron chi connectivity index (χ2n) is 6.71. The van der Waals surface area contributed by atoms with Crippen molar-refractivity contribution in [1.82, 2.24) is 4.90 Å². The molecule has 1 aliphatic carbocycles. The molecule has 3 atom stereocenters. The van der Waals surface area contributed by atoms with Gasteiger partial charge in [0.25, 0.3) is 0 Å². The van der Waals surface area contributed by atoms with Gasteiger partial charge in [0, 0.05) is 18.5 Å². The summed E-state index contributed by atoms with van der Waals surface area (Å²) in [6.07, 6.45) is 5.94. The topological polar surface area (TPSA) is 23.5 Å². The van der Waals surface area contributed by atoms with Crippen molar-refractivity contribution in [3.63, 3.8) is 0 Å². The zero-order valence-electron chi connectivity index (χ0n) is 12.8. The van der Waals surface area contributed by atoms with Gasteiger partial charge in [0.05, 0.1) is 6.10 Å². The Morgan fingerprint density at radius 2 is 1.85 bits per heavy atom. The molecule has 1 saturated carbocycles. The van der Waals surface area contributed by atoms with E-state index in [1.807, 2.05) is 0 Å². The van der Waals surface area contributed by atoms with E-state index >= 15 is 0 Å². The second-order valence-corrected chi connectivity index (χ2v) is 6.71. The van der Waals surface area contributed by atoms with Crippen LogP contribution >= 0.6 is 0 Å². The van der Waals surface area contributed by atoms with Crippen LogP contribution in [0.25, 0.3) is 0 Å². The van der Waals surface area contributed by atoms with Crippen LogP contribution in [0.5, 0.6) is 0 Å². The molecule has 20 heavy (non-hydrogen) atoms. The molecular formula is C18H27NO. The molecule has 0 bridgehead atoms. The Morgan fingerprint density at radius 1 is 1.10 bits per heavy atom. The lowest BCUT2D eigenvalue weighted by Gasteiger charge is -2.32. The van der Waals surface area contributed by atoms with Crippen LogP contribution < -0.4 is 0 Å². The first-order valence-electron chi connectivity index (χ1n) is 8.14. The highest BCUT2D eigenvalue weighted by molar-refractivity contribution is 5.33. The summed E-state index contributed by atoms with van der Waals surface area (Å²) in [6, 6.07) is 7.19. The maximum Gasteiger partial charge on any atom is 0.0583 e. The van der Waals surface area contributed by atoms with Gasteiger partial charge in [-0.15, -0.1) is 0 Å². The largest absolute Gasteiger partial charge is 0.393 e. The highest BCUT2D eigenvalue weighted by Gasteiger charge is 2.38. The lowest BCUT2D eigenvalue weighted by atomic mass is 9.93. The van der Waals surface area contributed by atoms with E-state index in [1.54, 1.807) is 0 Å². The maximum atomic E-state index is 10.2. The maximum absolute atomic E-state index is 10.2. The smallest absolute Gasteiger partial charge is 0.0583 e. The Labute approximate surface area is 122 Å². The van der Waals surface area contributed by atoms with E-state index in [2.05, 4.69) is 36.9 Å². The monoisotopic (exact) mass is 273 g/mol. The predicted octanol–water partition coefficient (Wildman–Crippen LogP) is 3.43. The van der Waals surface area contributed by atoms with Crippen molar-refractivity contribution in [3.05, 3.63) is 34.9 Å². The molecule has 1 aromatic rings. The van der Waals surface area contributed by atoms with Gasteiger partial charge in [-0.1, -0.05) is 24.6 Å². The van der Waals surface area contributed by atoms with Crippen LogP contribution in [0.2, 0.25) is 0 Å². The summed E-state index contributed by atoms with van der Waals surface area (Å²) < 4.78 is 0. The zero-order valence-corrected chi connectivity index (χ0v) is 12.8. The van der Waals surface area contributed by atoms with E-state index in [0.29, 0.717) is 12.0 Å². The summed E-state index contributed by atoms with van der Waals surface area (Å²) in [5.41, 5.74) is 4.30. The summed E-state index contributed by atoms with van der Waals surface area (Å²) in [5, 5.41) is 10.2. The number of hydrogen-bond acceptors (Lipinski definition) is 2. The van der Waals surface area contributed by atoms with Crippen molar-refractivity contribution in [1.29, 1.82) is 0 Å².